The summed E-state index contributed by atoms with van der Waals surface area (Å²) < 4.78 is 36.5. The van der Waals surface area contributed by atoms with Crippen molar-refractivity contribution in [2.75, 3.05) is 37.8 Å². The fourth-order valence-corrected chi connectivity index (χ4v) is 4.19. The zero-order chi connectivity index (χ0) is 23.5. The van der Waals surface area contributed by atoms with Gasteiger partial charge in [-0.1, -0.05) is 29.8 Å². The lowest BCUT2D eigenvalue weighted by molar-refractivity contribution is 0.0941. The topological polar surface area (TPSA) is 95.5 Å². The van der Waals surface area contributed by atoms with E-state index in [0.717, 1.165) is 18.2 Å². The molecule has 11 heteroatoms. The SMILES string of the molecule is C[C@H](/C=C/S(C)(=O)=O)NC(=O)c1cnc(N2CCN(C)C[C@H]2c2cccc(F)c2Cl)cn1. The molecule has 0 aliphatic carbocycles. The fraction of sp³-hybridized carbons (Fsp3) is 0.381. The minimum atomic E-state index is -3.28. The quantitative estimate of drug-likeness (QED) is 0.677. The van der Waals surface area contributed by atoms with Crippen LogP contribution in [0, 0.1) is 5.82 Å². The Morgan fingerprint density at radius 1 is 1.31 bits per heavy atom. The standard InChI is InChI=1S/C21H25ClFN5O3S/c1-14(7-10-32(3,30)31)26-21(29)17-11-25-19(12-24-17)28-9-8-27(2)13-18(28)15-5-4-6-16(23)20(15)22/h4-7,10-12,14,18H,8-9,13H2,1-3H3,(H,26,29)/b10-7+/t14-,18+/m1/s1. The number of sulfone groups is 1. The molecule has 172 valence electrons. The number of hydrogen-bond acceptors (Lipinski definition) is 7. The smallest absolute Gasteiger partial charge is 0.271 e. The predicted molar refractivity (Wildman–Crippen MR) is 122 cm³/mol. The summed E-state index contributed by atoms with van der Waals surface area (Å²) in [5.74, 6) is -0.405. The highest BCUT2D eigenvalue weighted by atomic mass is 35.5. The Morgan fingerprint density at radius 3 is 2.72 bits per heavy atom. The van der Waals surface area contributed by atoms with Crippen LogP contribution >= 0.6 is 11.6 Å². The highest BCUT2D eigenvalue weighted by molar-refractivity contribution is 7.93. The van der Waals surface area contributed by atoms with E-state index >= 15 is 0 Å². The molecule has 1 aromatic carbocycles. The van der Waals surface area contributed by atoms with Crippen molar-refractivity contribution in [3.8, 4) is 0 Å². The van der Waals surface area contributed by atoms with Crippen molar-refractivity contribution in [1.29, 1.82) is 0 Å². The number of aromatic nitrogens is 2. The molecule has 0 spiro atoms. The summed E-state index contributed by atoms with van der Waals surface area (Å²) in [6, 6.07) is 4.01. The molecule has 1 aliphatic rings. The molecule has 3 rings (SSSR count). The molecule has 1 aromatic heterocycles. The van der Waals surface area contributed by atoms with Gasteiger partial charge in [-0.05, 0) is 25.6 Å². The summed E-state index contributed by atoms with van der Waals surface area (Å²) in [5, 5.41) is 3.77. The third kappa shape index (κ3) is 6.02. The number of amides is 1. The van der Waals surface area contributed by atoms with Crippen molar-refractivity contribution in [1.82, 2.24) is 20.2 Å². The number of halogens is 2. The van der Waals surface area contributed by atoms with Gasteiger partial charge in [0.25, 0.3) is 5.91 Å². The second-order valence-electron chi connectivity index (χ2n) is 7.79. The van der Waals surface area contributed by atoms with Gasteiger partial charge in [-0.3, -0.25) is 4.79 Å². The number of carbonyl (C=O) groups excluding carboxylic acids is 1. The van der Waals surface area contributed by atoms with Crippen LogP contribution in [0.5, 0.6) is 0 Å². The molecule has 1 N–H and O–H groups in total. The normalized spacial score (nSPS) is 18.7. The molecule has 0 radical (unpaired) electrons. The Balaban J connectivity index is 1.78. The third-order valence-electron chi connectivity index (χ3n) is 5.06. The zero-order valence-electron chi connectivity index (χ0n) is 18.0. The van der Waals surface area contributed by atoms with E-state index in [2.05, 4.69) is 20.2 Å². The summed E-state index contributed by atoms with van der Waals surface area (Å²) in [7, 11) is -1.30. The van der Waals surface area contributed by atoms with E-state index in [9.17, 15) is 17.6 Å². The number of piperazine rings is 1. The summed E-state index contributed by atoms with van der Waals surface area (Å²) in [6.45, 7) is 3.68. The molecule has 1 aliphatic heterocycles. The minimum Gasteiger partial charge on any atom is -0.346 e. The Bertz CT molecular complexity index is 1110. The van der Waals surface area contributed by atoms with E-state index in [0.29, 0.717) is 24.5 Å². The molecule has 0 saturated carbocycles. The van der Waals surface area contributed by atoms with Gasteiger partial charge in [0.15, 0.2) is 9.84 Å². The van der Waals surface area contributed by atoms with Crippen molar-refractivity contribution in [2.45, 2.75) is 19.0 Å². The lowest BCUT2D eigenvalue weighted by atomic mass is 10.0. The van der Waals surface area contributed by atoms with Crippen LogP contribution < -0.4 is 10.2 Å². The molecule has 32 heavy (non-hydrogen) atoms. The number of nitrogens with one attached hydrogen (secondary N) is 1. The number of rotatable bonds is 6. The van der Waals surface area contributed by atoms with Crippen LogP contribution in [-0.4, -0.2) is 68.2 Å². The Kier molecular flexibility index (Phi) is 7.47. The lowest BCUT2D eigenvalue weighted by Gasteiger charge is -2.41. The van der Waals surface area contributed by atoms with E-state index < -0.39 is 27.6 Å². The predicted octanol–water partition coefficient (Wildman–Crippen LogP) is 2.44. The van der Waals surface area contributed by atoms with Crippen LogP contribution in [-0.2, 0) is 9.84 Å². The Morgan fingerprint density at radius 2 is 2.06 bits per heavy atom. The number of likely N-dealkylation sites (N-methyl/N-ethyl adjacent to an activating group) is 1. The van der Waals surface area contributed by atoms with Crippen molar-refractivity contribution >= 4 is 33.2 Å². The molecule has 2 heterocycles. The maximum atomic E-state index is 14.1. The second kappa shape index (κ2) is 9.93. The molecular formula is C21H25ClFN5O3S. The monoisotopic (exact) mass is 481 g/mol. The van der Waals surface area contributed by atoms with E-state index in [4.69, 9.17) is 11.6 Å². The van der Waals surface area contributed by atoms with Gasteiger partial charge in [-0.2, -0.15) is 0 Å². The number of nitrogens with zero attached hydrogens (tertiary/aromatic N) is 4. The van der Waals surface area contributed by atoms with E-state index in [-0.39, 0.29) is 16.8 Å². The van der Waals surface area contributed by atoms with Gasteiger partial charge >= 0.3 is 0 Å². The van der Waals surface area contributed by atoms with Crippen LogP contribution in [0.15, 0.2) is 42.1 Å². The number of carbonyl (C=O) groups is 1. The van der Waals surface area contributed by atoms with Gasteiger partial charge in [0.05, 0.1) is 23.5 Å². The van der Waals surface area contributed by atoms with Crippen LogP contribution in [0.2, 0.25) is 5.02 Å². The van der Waals surface area contributed by atoms with Gasteiger partial charge in [-0.15, -0.1) is 0 Å². The van der Waals surface area contributed by atoms with E-state index in [1.54, 1.807) is 19.1 Å². The molecule has 2 atom stereocenters. The first-order chi connectivity index (χ1) is 15.0. The molecule has 8 nitrogen and oxygen atoms in total. The minimum absolute atomic E-state index is 0.0814. The molecular weight excluding hydrogens is 457 g/mol. The van der Waals surface area contributed by atoms with Crippen molar-refractivity contribution < 1.29 is 17.6 Å². The zero-order valence-corrected chi connectivity index (χ0v) is 19.6. The van der Waals surface area contributed by atoms with Crippen molar-refractivity contribution in [3.63, 3.8) is 0 Å². The van der Waals surface area contributed by atoms with Gasteiger partial charge < -0.3 is 15.1 Å². The molecule has 0 bridgehead atoms. The number of hydrogen-bond donors (Lipinski definition) is 1. The highest BCUT2D eigenvalue weighted by Gasteiger charge is 2.30. The summed E-state index contributed by atoms with van der Waals surface area (Å²) in [5.41, 5.74) is 0.760. The van der Waals surface area contributed by atoms with Crippen LogP contribution in [0.3, 0.4) is 0 Å². The summed E-state index contributed by atoms with van der Waals surface area (Å²) >= 11 is 6.24. The van der Waals surface area contributed by atoms with Crippen LogP contribution in [0.25, 0.3) is 0 Å². The first kappa shape index (κ1) is 24.1. The average Bonchev–Trinajstić information content (AvgIpc) is 2.74. The van der Waals surface area contributed by atoms with Crippen LogP contribution in [0.4, 0.5) is 10.2 Å². The Labute approximate surface area is 192 Å². The third-order valence-corrected chi connectivity index (χ3v) is 6.11. The lowest BCUT2D eigenvalue weighted by Crippen LogP contribution is -2.47. The number of benzene rings is 1. The maximum Gasteiger partial charge on any atom is 0.271 e. The van der Waals surface area contributed by atoms with Gasteiger partial charge in [0, 0.05) is 37.3 Å². The molecule has 1 amide bonds. The first-order valence-corrected chi connectivity index (χ1v) is 12.3. The molecule has 2 aromatic rings. The number of anilines is 1. The second-order valence-corrected chi connectivity index (χ2v) is 10.1. The van der Waals surface area contributed by atoms with Crippen molar-refractivity contribution in [2.24, 2.45) is 0 Å². The Hall–Kier alpha value is -2.56. The first-order valence-electron chi connectivity index (χ1n) is 9.95. The summed E-state index contributed by atoms with van der Waals surface area (Å²) in [6.07, 6.45) is 5.31. The average molecular weight is 482 g/mol. The fourth-order valence-electron chi connectivity index (χ4n) is 3.41. The van der Waals surface area contributed by atoms with Gasteiger partial charge in [-0.25, -0.2) is 22.8 Å². The van der Waals surface area contributed by atoms with E-state index in [1.165, 1.54) is 24.5 Å². The maximum absolute atomic E-state index is 14.1. The van der Waals surface area contributed by atoms with Gasteiger partial charge in [0.1, 0.15) is 17.3 Å². The van der Waals surface area contributed by atoms with Crippen molar-refractivity contribution in [3.05, 3.63) is 64.2 Å². The highest BCUT2D eigenvalue weighted by Crippen LogP contribution is 2.34. The largest absolute Gasteiger partial charge is 0.346 e. The molecule has 1 fully saturated rings. The molecule has 0 unspecified atom stereocenters. The van der Waals surface area contributed by atoms with E-state index in [1.807, 2.05) is 11.9 Å². The van der Waals surface area contributed by atoms with Crippen LogP contribution in [0.1, 0.15) is 29.0 Å². The van der Waals surface area contributed by atoms with Gasteiger partial charge in [0.2, 0.25) is 0 Å². The summed E-state index contributed by atoms with van der Waals surface area (Å²) in [4.78, 5) is 25.1. The molecule has 1 saturated heterocycles.